The summed E-state index contributed by atoms with van der Waals surface area (Å²) in [7, 11) is 3.38. The molecular formula is C22H18N2O2. The fourth-order valence-corrected chi connectivity index (χ4v) is 3.25. The maximum absolute atomic E-state index is 5.76. The van der Waals surface area contributed by atoms with Crippen molar-refractivity contribution in [2.24, 2.45) is 0 Å². The Morgan fingerprint density at radius 2 is 1.31 bits per heavy atom. The molecule has 4 aromatic rings. The van der Waals surface area contributed by atoms with Crippen molar-refractivity contribution in [2.75, 3.05) is 14.2 Å². The lowest BCUT2D eigenvalue weighted by Gasteiger charge is -2.17. The predicted octanol–water partition coefficient (Wildman–Crippen LogP) is 4.98. The van der Waals surface area contributed by atoms with Gasteiger partial charge < -0.3 is 9.47 Å². The van der Waals surface area contributed by atoms with Crippen LogP contribution in [0.25, 0.3) is 33.0 Å². The summed E-state index contributed by atoms with van der Waals surface area (Å²) in [6, 6.07) is 16.2. The third-order valence-electron chi connectivity index (χ3n) is 4.49. The Bertz CT molecular complexity index is 1050. The third-order valence-corrected chi connectivity index (χ3v) is 4.49. The monoisotopic (exact) mass is 342 g/mol. The van der Waals surface area contributed by atoms with E-state index in [1.165, 1.54) is 0 Å². The van der Waals surface area contributed by atoms with Crippen LogP contribution < -0.4 is 9.47 Å². The lowest BCUT2D eigenvalue weighted by atomic mass is 9.91. The van der Waals surface area contributed by atoms with Crippen molar-refractivity contribution in [3.8, 4) is 33.8 Å². The molecule has 0 saturated carbocycles. The zero-order valence-corrected chi connectivity index (χ0v) is 14.6. The molecule has 0 aliphatic heterocycles. The fourth-order valence-electron chi connectivity index (χ4n) is 3.25. The van der Waals surface area contributed by atoms with Crippen LogP contribution in [-0.4, -0.2) is 24.2 Å². The van der Waals surface area contributed by atoms with Crippen molar-refractivity contribution in [1.82, 2.24) is 9.97 Å². The lowest BCUT2D eigenvalue weighted by Crippen LogP contribution is -1.94. The number of ether oxygens (including phenoxy) is 2. The molecule has 0 bridgehead atoms. The maximum Gasteiger partial charge on any atom is 0.127 e. The molecule has 4 heteroatoms. The average molecular weight is 342 g/mol. The molecule has 2 aromatic heterocycles. The standard InChI is InChI=1S/C22H18N2O2/c1-25-17-3-4-18-20(13-17)19(15-5-9-23-10-6-15)14-21(26-2)22(18)16-7-11-24-12-8-16/h3-14H,1-2H3. The van der Waals surface area contributed by atoms with Gasteiger partial charge in [0.15, 0.2) is 0 Å². The van der Waals surface area contributed by atoms with Crippen LogP contribution in [0.4, 0.5) is 0 Å². The second-order valence-electron chi connectivity index (χ2n) is 5.88. The molecule has 2 heterocycles. The van der Waals surface area contributed by atoms with Gasteiger partial charge >= 0.3 is 0 Å². The van der Waals surface area contributed by atoms with Crippen LogP contribution in [0.1, 0.15) is 0 Å². The molecular weight excluding hydrogens is 324 g/mol. The molecule has 4 rings (SSSR count). The van der Waals surface area contributed by atoms with Crippen LogP contribution in [-0.2, 0) is 0 Å². The van der Waals surface area contributed by atoms with E-state index >= 15 is 0 Å². The Morgan fingerprint density at radius 3 is 1.92 bits per heavy atom. The van der Waals surface area contributed by atoms with Gasteiger partial charge in [-0.3, -0.25) is 9.97 Å². The van der Waals surface area contributed by atoms with Crippen molar-refractivity contribution in [3.63, 3.8) is 0 Å². The Balaban J connectivity index is 2.11. The van der Waals surface area contributed by atoms with Crippen LogP contribution in [0.3, 0.4) is 0 Å². The summed E-state index contributed by atoms with van der Waals surface area (Å²) in [5.41, 5.74) is 4.27. The summed E-state index contributed by atoms with van der Waals surface area (Å²) in [4.78, 5) is 8.26. The van der Waals surface area contributed by atoms with E-state index in [2.05, 4.69) is 28.2 Å². The summed E-state index contributed by atoms with van der Waals surface area (Å²) < 4.78 is 11.2. The minimum atomic E-state index is 0.818. The molecule has 0 unspecified atom stereocenters. The molecule has 4 nitrogen and oxygen atoms in total. The number of benzene rings is 2. The largest absolute Gasteiger partial charge is 0.497 e. The second-order valence-corrected chi connectivity index (χ2v) is 5.88. The first-order valence-corrected chi connectivity index (χ1v) is 8.31. The van der Waals surface area contributed by atoms with Gasteiger partial charge in [0.05, 0.1) is 14.2 Å². The molecule has 0 spiro atoms. The van der Waals surface area contributed by atoms with Gasteiger partial charge in [0.25, 0.3) is 0 Å². The molecule has 0 fully saturated rings. The van der Waals surface area contributed by atoms with E-state index in [0.29, 0.717) is 0 Å². The highest BCUT2D eigenvalue weighted by Crippen LogP contribution is 2.43. The topological polar surface area (TPSA) is 44.2 Å². The van der Waals surface area contributed by atoms with Gasteiger partial charge in [-0.2, -0.15) is 0 Å². The van der Waals surface area contributed by atoms with Crippen LogP contribution in [0.15, 0.2) is 73.3 Å². The fraction of sp³-hybridized carbons (Fsp3) is 0.0909. The van der Waals surface area contributed by atoms with Gasteiger partial charge in [-0.25, -0.2) is 0 Å². The Kier molecular flexibility index (Phi) is 4.23. The molecule has 0 amide bonds. The quantitative estimate of drug-likeness (QED) is 0.524. The SMILES string of the molecule is COc1ccc2c(-c3ccncc3)c(OC)cc(-c3ccncc3)c2c1. The highest BCUT2D eigenvalue weighted by molar-refractivity contribution is 6.07. The molecule has 128 valence electrons. The van der Waals surface area contributed by atoms with Crippen LogP contribution in [0.5, 0.6) is 11.5 Å². The van der Waals surface area contributed by atoms with Crippen molar-refractivity contribution >= 4 is 10.8 Å². The van der Waals surface area contributed by atoms with Crippen molar-refractivity contribution in [3.05, 3.63) is 73.3 Å². The van der Waals surface area contributed by atoms with E-state index in [9.17, 15) is 0 Å². The van der Waals surface area contributed by atoms with Gasteiger partial charge in [0.2, 0.25) is 0 Å². The second kappa shape index (κ2) is 6.84. The van der Waals surface area contributed by atoms with Crippen molar-refractivity contribution < 1.29 is 9.47 Å². The molecule has 2 aromatic carbocycles. The van der Waals surface area contributed by atoms with Crippen molar-refractivity contribution in [2.45, 2.75) is 0 Å². The van der Waals surface area contributed by atoms with Gasteiger partial charge in [-0.15, -0.1) is 0 Å². The number of nitrogens with zero attached hydrogens (tertiary/aromatic N) is 2. The summed E-state index contributed by atoms with van der Waals surface area (Å²) in [5, 5.41) is 2.20. The Labute approximate surface area is 152 Å². The van der Waals surface area contributed by atoms with E-state index in [1.807, 2.05) is 30.3 Å². The number of hydrogen-bond donors (Lipinski definition) is 0. The molecule has 0 aliphatic rings. The zero-order valence-electron chi connectivity index (χ0n) is 14.6. The average Bonchev–Trinajstić information content (AvgIpc) is 2.73. The Hall–Kier alpha value is -3.40. The first-order chi connectivity index (χ1) is 12.8. The minimum absolute atomic E-state index is 0.818. The van der Waals surface area contributed by atoms with Crippen LogP contribution >= 0.6 is 0 Å². The highest BCUT2D eigenvalue weighted by Gasteiger charge is 2.16. The summed E-state index contributed by atoms with van der Waals surface area (Å²) in [6.07, 6.45) is 7.18. The van der Waals surface area contributed by atoms with E-state index < -0.39 is 0 Å². The van der Waals surface area contributed by atoms with Gasteiger partial charge in [0, 0.05) is 30.4 Å². The number of fused-ring (bicyclic) bond motifs is 1. The van der Waals surface area contributed by atoms with Crippen LogP contribution in [0.2, 0.25) is 0 Å². The van der Waals surface area contributed by atoms with E-state index in [-0.39, 0.29) is 0 Å². The third kappa shape index (κ3) is 2.75. The van der Waals surface area contributed by atoms with Crippen molar-refractivity contribution in [1.29, 1.82) is 0 Å². The first-order valence-electron chi connectivity index (χ1n) is 8.31. The van der Waals surface area contributed by atoms with E-state index in [0.717, 1.165) is 44.5 Å². The normalized spacial score (nSPS) is 10.7. The smallest absolute Gasteiger partial charge is 0.127 e. The first kappa shape index (κ1) is 16.1. The Morgan fingerprint density at radius 1 is 0.654 bits per heavy atom. The molecule has 0 atom stereocenters. The predicted molar refractivity (Wildman–Crippen MR) is 104 cm³/mol. The molecule has 0 aliphatic carbocycles. The van der Waals surface area contributed by atoms with Gasteiger partial charge in [-0.1, -0.05) is 0 Å². The maximum atomic E-state index is 5.76. The number of pyridine rings is 2. The lowest BCUT2D eigenvalue weighted by molar-refractivity contribution is 0.415. The van der Waals surface area contributed by atoms with E-state index in [1.54, 1.807) is 39.0 Å². The molecule has 0 N–H and O–H groups in total. The highest BCUT2D eigenvalue weighted by atomic mass is 16.5. The summed E-state index contributed by atoms with van der Waals surface area (Å²) >= 11 is 0. The molecule has 26 heavy (non-hydrogen) atoms. The van der Waals surface area contributed by atoms with Crippen LogP contribution in [0, 0.1) is 0 Å². The van der Waals surface area contributed by atoms with Gasteiger partial charge in [-0.05, 0) is 76.0 Å². The number of hydrogen-bond acceptors (Lipinski definition) is 4. The summed E-state index contributed by atoms with van der Waals surface area (Å²) in [5.74, 6) is 1.64. The number of aromatic nitrogens is 2. The number of rotatable bonds is 4. The summed E-state index contributed by atoms with van der Waals surface area (Å²) in [6.45, 7) is 0. The zero-order chi connectivity index (χ0) is 17.9. The molecule has 0 radical (unpaired) electrons. The minimum Gasteiger partial charge on any atom is -0.497 e. The molecule has 0 saturated heterocycles. The number of methoxy groups -OCH3 is 2. The van der Waals surface area contributed by atoms with Gasteiger partial charge in [0.1, 0.15) is 11.5 Å². The van der Waals surface area contributed by atoms with E-state index in [4.69, 9.17) is 9.47 Å².